The number of amides is 2. The number of hydrogen-bond acceptors (Lipinski definition) is 5. The summed E-state index contributed by atoms with van der Waals surface area (Å²) in [6.45, 7) is 4.82. The van der Waals surface area contributed by atoms with Crippen molar-refractivity contribution in [1.82, 2.24) is 15.1 Å². The van der Waals surface area contributed by atoms with Crippen LogP contribution in [0.15, 0.2) is 72.1 Å². The van der Waals surface area contributed by atoms with Crippen molar-refractivity contribution >= 4 is 34.9 Å². The SMILES string of the molecule is Cc1ccccc1C(=O)N1C(C(=O)NC2CCN(Cc3ccccc3)CC2)CSC1c1cccs1. The van der Waals surface area contributed by atoms with Crippen molar-refractivity contribution < 1.29 is 9.59 Å². The van der Waals surface area contributed by atoms with Gasteiger partial charge in [0.2, 0.25) is 5.91 Å². The molecule has 2 unspecified atom stereocenters. The summed E-state index contributed by atoms with van der Waals surface area (Å²) in [5.74, 6) is 0.517. The third kappa shape index (κ3) is 5.47. The maximum Gasteiger partial charge on any atom is 0.256 e. The molecule has 1 N–H and O–H groups in total. The minimum absolute atomic E-state index is 0.0278. The van der Waals surface area contributed by atoms with Gasteiger partial charge in [0, 0.05) is 41.9 Å². The molecule has 2 fully saturated rings. The Hall–Kier alpha value is -2.61. The van der Waals surface area contributed by atoms with Crippen LogP contribution in [0.5, 0.6) is 0 Å². The summed E-state index contributed by atoms with van der Waals surface area (Å²) >= 11 is 3.32. The lowest BCUT2D eigenvalue weighted by molar-refractivity contribution is -0.125. The standard InChI is InChI=1S/C28H31N3O2S2/c1-20-8-5-6-11-23(20)27(33)31-24(19-35-28(31)25-12-7-17-34-25)26(32)29-22-13-15-30(16-14-22)18-21-9-3-2-4-10-21/h2-12,17,22,24,28H,13-16,18-19H2,1H3,(H,29,32). The molecule has 5 rings (SSSR count). The van der Waals surface area contributed by atoms with Gasteiger partial charge >= 0.3 is 0 Å². The molecule has 5 nitrogen and oxygen atoms in total. The molecule has 2 aliphatic rings. The van der Waals surface area contributed by atoms with Gasteiger partial charge in [-0.15, -0.1) is 23.1 Å². The number of piperidine rings is 1. The molecule has 2 aliphatic heterocycles. The minimum Gasteiger partial charge on any atom is -0.351 e. The second-order valence-corrected chi connectivity index (χ2v) is 11.4. The summed E-state index contributed by atoms with van der Waals surface area (Å²) < 4.78 is 0. The Bertz CT molecular complexity index is 1140. The third-order valence-electron chi connectivity index (χ3n) is 6.88. The lowest BCUT2D eigenvalue weighted by Gasteiger charge is -2.34. The molecule has 2 saturated heterocycles. The predicted molar refractivity (Wildman–Crippen MR) is 144 cm³/mol. The van der Waals surface area contributed by atoms with Crippen LogP contribution in [0, 0.1) is 6.92 Å². The highest BCUT2D eigenvalue weighted by molar-refractivity contribution is 7.99. The molecule has 1 aromatic heterocycles. The average Bonchev–Trinajstić information content (AvgIpc) is 3.56. The van der Waals surface area contributed by atoms with Crippen molar-refractivity contribution in [3.63, 3.8) is 0 Å². The van der Waals surface area contributed by atoms with E-state index in [4.69, 9.17) is 0 Å². The number of carbonyl (C=O) groups excluding carboxylic acids is 2. The van der Waals surface area contributed by atoms with Crippen molar-refractivity contribution in [2.75, 3.05) is 18.8 Å². The van der Waals surface area contributed by atoms with Gasteiger partial charge in [-0.05, 0) is 48.4 Å². The molecule has 3 heterocycles. The van der Waals surface area contributed by atoms with Crippen LogP contribution in [-0.2, 0) is 11.3 Å². The van der Waals surface area contributed by atoms with Gasteiger partial charge in [0.25, 0.3) is 5.91 Å². The number of carbonyl (C=O) groups is 2. The van der Waals surface area contributed by atoms with Gasteiger partial charge in [0.05, 0.1) is 0 Å². The number of thioether (sulfide) groups is 1. The van der Waals surface area contributed by atoms with Gasteiger partial charge in [-0.3, -0.25) is 14.5 Å². The molecule has 2 amide bonds. The lowest BCUT2D eigenvalue weighted by atomic mass is 10.0. The lowest BCUT2D eigenvalue weighted by Crippen LogP contribution is -2.52. The Balaban J connectivity index is 1.26. The Morgan fingerprint density at radius 1 is 0.971 bits per heavy atom. The summed E-state index contributed by atoms with van der Waals surface area (Å²) in [7, 11) is 0. The first-order chi connectivity index (χ1) is 17.1. The van der Waals surface area contributed by atoms with Gasteiger partial charge in [0.1, 0.15) is 11.4 Å². The first-order valence-electron chi connectivity index (χ1n) is 12.2. The van der Waals surface area contributed by atoms with Crippen molar-refractivity contribution in [1.29, 1.82) is 0 Å². The maximum absolute atomic E-state index is 13.7. The molecule has 182 valence electrons. The number of nitrogens with one attached hydrogen (secondary N) is 1. The highest BCUT2D eigenvalue weighted by atomic mass is 32.2. The molecule has 35 heavy (non-hydrogen) atoms. The van der Waals surface area contributed by atoms with E-state index in [0.717, 1.165) is 42.9 Å². The average molecular weight is 506 g/mol. The van der Waals surface area contributed by atoms with Crippen molar-refractivity contribution in [2.45, 2.75) is 43.8 Å². The summed E-state index contributed by atoms with van der Waals surface area (Å²) in [6.07, 6.45) is 1.86. The van der Waals surface area contributed by atoms with E-state index in [-0.39, 0.29) is 23.2 Å². The predicted octanol–water partition coefficient (Wildman–Crippen LogP) is 5.09. The van der Waals surface area contributed by atoms with Crippen LogP contribution < -0.4 is 5.32 Å². The highest BCUT2D eigenvalue weighted by Crippen LogP contribution is 2.44. The van der Waals surface area contributed by atoms with Crippen LogP contribution in [0.3, 0.4) is 0 Å². The molecule has 2 aromatic carbocycles. The number of aryl methyl sites for hydroxylation is 1. The van der Waals surface area contributed by atoms with Gasteiger partial charge in [0.15, 0.2) is 0 Å². The van der Waals surface area contributed by atoms with Gasteiger partial charge < -0.3 is 10.2 Å². The van der Waals surface area contributed by atoms with E-state index in [1.165, 1.54) is 5.56 Å². The summed E-state index contributed by atoms with van der Waals surface area (Å²) in [4.78, 5) is 32.6. The molecule has 0 spiro atoms. The van der Waals surface area contributed by atoms with E-state index in [2.05, 4.69) is 40.5 Å². The Labute approximate surface area is 215 Å². The first kappa shape index (κ1) is 24.1. The topological polar surface area (TPSA) is 52.7 Å². The van der Waals surface area contributed by atoms with Crippen molar-refractivity contribution in [2.24, 2.45) is 0 Å². The molecule has 0 bridgehead atoms. The largest absolute Gasteiger partial charge is 0.351 e. The molecule has 7 heteroatoms. The highest BCUT2D eigenvalue weighted by Gasteiger charge is 2.43. The second kappa shape index (κ2) is 11.0. The van der Waals surface area contributed by atoms with Crippen LogP contribution in [0.2, 0.25) is 0 Å². The molecular formula is C28H31N3O2S2. The van der Waals surface area contributed by atoms with Gasteiger partial charge in [-0.2, -0.15) is 0 Å². The summed E-state index contributed by atoms with van der Waals surface area (Å²) in [6, 6.07) is 21.9. The van der Waals surface area contributed by atoms with E-state index < -0.39 is 6.04 Å². The molecular weight excluding hydrogens is 474 g/mol. The normalized spacial score (nSPS) is 21.2. The molecule has 2 atom stereocenters. The molecule has 0 saturated carbocycles. The summed E-state index contributed by atoms with van der Waals surface area (Å²) in [5.41, 5.74) is 2.93. The molecule has 0 aliphatic carbocycles. The van der Waals surface area contributed by atoms with Crippen molar-refractivity contribution in [3.05, 3.63) is 93.7 Å². The van der Waals surface area contributed by atoms with Crippen LogP contribution >= 0.6 is 23.1 Å². The van der Waals surface area contributed by atoms with Gasteiger partial charge in [-0.25, -0.2) is 0 Å². The van der Waals surface area contributed by atoms with Crippen molar-refractivity contribution in [3.8, 4) is 0 Å². The van der Waals surface area contributed by atoms with E-state index in [1.807, 2.05) is 53.6 Å². The maximum atomic E-state index is 13.7. The number of hydrogen-bond donors (Lipinski definition) is 1. The number of rotatable bonds is 6. The number of likely N-dealkylation sites (tertiary alicyclic amines) is 1. The van der Waals surface area contributed by atoms with Crippen LogP contribution in [0.4, 0.5) is 0 Å². The second-order valence-electron chi connectivity index (χ2n) is 9.29. The number of thiophene rings is 1. The first-order valence-corrected chi connectivity index (χ1v) is 14.1. The fraction of sp³-hybridized carbons (Fsp3) is 0.357. The zero-order chi connectivity index (χ0) is 24.2. The monoisotopic (exact) mass is 505 g/mol. The Morgan fingerprint density at radius 2 is 1.71 bits per heavy atom. The third-order valence-corrected chi connectivity index (χ3v) is 9.26. The zero-order valence-electron chi connectivity index (χ0n) is 19.9. The van der Waals surface area contributed by atoms with E-state index in [9.17, 15) is 9.59 Å². The minimum atomic E-state index is -0.471. The van der Waals surface area contributed by atoms with Crippen LogP contribution in [0.25, 0.3) is 0 Å². The van der Waals surface area contributed by atoms with Crippen LogP contribution in [-0.4, -0.2) is 52.5 Å². The zero-order valence-corrected chi connectivity index (χ0v) is 21.6. The Morgan fingerprint density at radius 3 is 2.43 bits per heavy atom. The Kier molecular flexibility index (Phi) is 7.56. The molecule has 3 aromatic rings. The van der Waals surface area contributed by atoms with E-state index in [0.29, 0.717) is 11.3 Å². The fourth-order valence-corrected chi connectivity index (χ4v) is 7.33. The van der Waals surface area contributed by atoms with Crippen LogP contribution in [0.1, 0.15) is 44.6 Å². The quantitative estimate of drug-likeness (QED) is 0.507. The smallest absolute Gasteiger partial charge is 0.256 e. The molecule has 0 radical (unpaired) electrons. The number of benzene rings is 2. The van der Waals surface area contributed by atoms with E-state index >= 15 is 0 Å². The fourth-order valence-electron chi connectivity index (χ4n) is 4.93. The summed E-state index contributed by atoms with van der Waals surface area (Å²) in [5, 5.41) is 5.19. The number of nitrogens with zero attached hydrogens (tertiary/aromatic N) is 2. The van der Waals surface area contributed by atoms with Gasteiger partial charge in [-0.1, -0.05) is 54.6 Å². The van der Waals surface area contributed by atoms with E-state index in [1.54, 1.807) is 23.1 Å².